The molecule has 166 valence electrons. The van der Waals surface area contributed by atoms with Crippen LogP contribution in [0.2, 0.25) is 0 Å². The lowest BCUT2D eigenvalue weighted by Gasteiger charge is -2.32. The van der Waals surface area contributed by atoms with Crippen molar-refractivity contribution in [2.24, 2.45) is 0 Å². The van der Waals surface area contributed by atoms with E-state index in [0.29, 0.717) is 43.5 Å². The smallest absolute Gasteiger partial charge is 0.261 e. The molecule has 32 heavy (non-hydrogen) atoms. The molecule has 1 N–H and O–H groups in total. The molecule has 2 aromatic carbocycles. The molecule has 0 atom stereocenters. The standard InChI is InChI=1S/C24H24FN3O4/c25-20-9-4-3-8-19(20)22(30)26-16-11-14-27(15-12-16)21(29)10-5-13-28-23(31)17-6-1-2-7-18(17)24(28)32/h1-4,6-9,16H,5,10-15H2,(H,26,30). The van der Waals surface area contributed by atoms with Gasteiger partial charge < -0.3 is 10.2 Å². The molecule has 0 saturated carbocycles. The third kappa shape index (κ3) is 4.39. The first-order chi connectivity index (χ1) is 15.5. The topological polar surface area (TPSA) is 86.8 Å². The molecule has 2 aromatic rings. The first kappa shape index (κ1) is 21.7. The zero-order chi connectivity index (χ0) is 22.7. The van der Waals surface area contributed by atoms with Gasteiger partial charge in [-0.1, -0.05) is 24.3 Å². The number of halogens is 1. The van der Waals surface area contributed by atoms with Gasteiger partial charge in [-0.25, -0.2) is 4.39 Å². The average molecular weight is 437 g/mol. The zero-order valence-electron chi connectivity index (χ0n) is 17.6. The van der Waals surface area contributed by atoms with Crippen LogP contribution in [-0.4, -0.2) is 59.1 Å². The van der Waals surface area contributed by atoms with Gasteiger partial charge in [-0.05, 0) is 43.5 Å². The summed E-state index contributed by atoms with van der Waals surface area (Å²) in [6.07, 6.45) is 1.81. The maximum atomic E-state index is 13.8. The molecule has 1 saturated heterocycles. The molecule has 4 rings (SSSR count). The van der Waals surface area contributed by atoms with E-state index in [4.69, 9.17) is 0 Å². The normalized spacial score (nSPS) is 16.3. The highest BCUT2D eigenvalue weighted by Gasteiger charge is 2.34. The third-order valence-electron chi connectivity index (χ3n) is 5.95. The van der Waals surface area contributed by atoms with Gasteiger partial charge in [-0.15, -0.1) is 0 Å². The van der Waals surface area contributed by atoms with Crippen molar-refractivity contribution in [3.05, 3.63) is 71.0 Å². The van der Waals surface area contributed by atoms with Gasteiger partial charge in [0.05, 0.1) is 16.7 Å². The Balaban J connectivity index is 1.21. The fourth-order valence-corrected chi connectivity index (χ4v) is 4.17. The number of rotatable bonds is 6. The Hall–Kier alpha value is -3.55. The predicted octanol–water partition coefficient (Wildman–Crippen LogP) is 2.62. The second-order valence-electron chi connectivity index (χ2n) is 8.02. The number of likely N-dealkylation sites (tertiary alicyclic amines) is 1. The molecule has 2 aliphatic rings. The molecule has 0 unspecified atom stereocenters. The molecule has 0 aliphatic carbocycles. The zero-order valence-corrected chi connectivity index (χ0v) is 17.6. The fourth-order valence-electron chi connectivity index (χ4n) is 4.17. The van der Waals surface area contributed by atoms with Gasteiger partial charge in [-0.2, -0.15) is 0 Å². The Labute approximate surface area is 185 Å². The van der Waals surface area contributed by atoms with Crippen LogP contribution in [0.4, 0.5) is 4.39 Å². The summed E-state index contributed by atoms with van der Waals surface area (Å²) in [7, 11) is 0. The fraction of sp³-hybridized carbons (Fsp3) is 0.333. The van der Waals surface area contributed by atoms with E-state index in [2.05, 4.69) is 5.32 Å². The van der Waals surface area contributed by atoms with Crippen molar-refractivity contribution in [1.29, 1.82) is 0 Å². The summed E-state index contributed by atoms with van der Waals surface area (Å²) in [5.74, 6) is -1.68. The molecule has 0 aromatic heterocycles. The van der Waals surface area contributed by atoms with Gasteiger partial charge in [-0.3, -0.25) is 24.1 Å². The first-order valence-corrected chi connectivity index (χ1v) is 10.7. The van der Waals surface area contributed by atoms with E-state index in [1.165, 1.54) is 23.1 Å². The van der Waals surface area contributed by atoms with Gasteiger partial charge in [0, 0.05) is 32.1 Å². The Bertz CT molecular complexity index is 1030. The number of imide groups is 1. The number of fused-ring (bicyclic) bond motifs is 1. The van der Waals surface area contributed by atoms with Crippen molar-refractivity contribution in [3.8, 4) is 0 Å². The Morgan fingerprint density at radius 3 is 2.16 bits per heavy atom. The van der Waals surface area contributed by atoms with Crippen molar-refractivity contribution >= 4 is 23.6 Å². The molecule has 0 radical (unpaired) electrons. The van der Waals surface area contributed by atoms with E-state index in [1.54, 1.807) is 35.2 Å². The quantitative estimate of drug-likeness (QED) is 0.704. The number of amides is 4. The van der Waals surface area contributed by atoms with Crippen LogP contribution in [-0.2, 0) is 4.79 Å². The molecule has 1 fully saturated rings. The van der Waals surface area contributed by atoms with Gasteiger partial charge in [0.15, 0.2) is 0 Å². The van der Waals surface area contributed by atoms with Gasteiger partial charge in [0.1, 0.15) is 5.82 Å². The van der Waals surface area contributed by atoms with E-state index < -0.39 is 11.7 Å². The number of hydrogen-bond donors (Lipinski definition) is 1. The molecule has 4 amide bonds. The van der Waals surface area contributed by atoms with E-state index in [9.17, 15) is 23.6 Å². The lowest BCUT2D eigenvalue weighted by Crippen LogP contribution is -2.46. The van der Waals surface area contributed by atoms with Crippen molar-refractivity contribution < 1.29 is 23.6 Å². The maximum absolute atomic E-state index is 13.8. The van der Waals surface area contributed by atoms with E-state index >= 15 is 0 Å². The number of carbonyl (C=O) groups excluding carboxylic acids is 4. The predicted molar refractivity (Wildman–Crippen MR) is 115 cm³/mol. The summed E-state index contributed by atoms with van der Waals surface area (Å²) in [5, 5.41) is 2.84. The average Bonchev–Trinajstić information content (AvgIpc) is 3.05. The van der Waals surface area contributed by atoms with Crippen molar-refractivity contribution in [1.82, 2.24) is 15.1 Å². The summed E-state index contributed by atoms with van der Waals surface area (Å²) >= 11 is 0. The van der Waals surface area contributed by atoms with E-state index in [1.807, 2.05) is 0 Å². The summed E-state index contributed by atoms with van der Waals surface area (Å²) in [5.41, 5.74) is 0.825. The van der Waals surface area contributed by atoms with Crippen LogP contribution in [0.5, 0.6) is 0 Å². The molecule has 2 heterocycles. The minimum Gasteiger partial charge on any atom is -0.349 e. The molecule has 2 aliphatic heterocycles. The van der Waals surface area contributed by atoms with Gasteiger partial charge in [0.2, 0.25) is 5.91 Å². The molecule has 0 bridgehead atoms. The highest BCUT2D eigenvalue weighted by Crippen LogP contribution is 2.23. The highest BCUT2D eigenvalue weighted by atomic mass is 19.1. The Morgan fingerprint density at radius 1 is 0.938 bits per heavy atom. The van der Waals surface area contributed by atoms with Crippen molar-refractivity contribution in [3.63, 3.8) is 0 Å². The molecule has 8 heteroatoms. The number of hydrogen-bond acceptors (Lipinski definition) is 4. The largest absolute Gasteiger partial charge is 0.349 e. The number of carbonyl (C=O) groups is 4. The van der Waals surface area contributed by atoms with E-state index in [-0.39, 0.29) is 42.3 Å². The summed E-state index contributed by atoms with van der Waals surface area (Å²) in [4.78, 5) is 52.5. The molecular weight excluding hydrogens is 413 g/mol. The Kier molecular flexibility index (Phi) is 6.30. The van der Waals surface area contributed by atoms with Gasteiger partial charge >= 0.3 is 0 Å². The monoisotopic (exact) mass is 437 g/mol. The minimum atomic E-state index is -0.560. The van der Waals surface area contributed by atoms with Crippen LogP contribution in [0.3, 0.4) is 0 Å². The van der Waals surface area contributed by atoms with Crippen LogP contribution < -0.4 is 5.32 Å². The van der Waals surface area contributed by atoms with Crippen molar-refractivity contribution in [2.75, 3.05) is 19.6 Å². The second kappa shape index (κ2) is 9.30. The summed E-state index contributed by atoms with van der Waals surface area (Å²) in [6.45, 7) is 1.19. The lowest BCUT2D eigenvalue weighted by atomic mass is 10.0. The van der Waals surface area contributed by atoms with E-state index in [0.717, 1.165) is 0 Å². The van der Waals surface area contributed by atoms with Gasteiger partial charge in [0.25, 0.3) is 17.7 Å². The summed E-state index contributed by atoms with van der Waals surface area (Å²) < 4.78 is 13.8. The van der Waals surface area contributed by atoms with Crippen molar-refractivity contribution in [2.45, 2.75) is 31.7 Å². The molecule has 7 nitrogen and oxygen atoms in total. The highest BCUT2D eigenvalue weighted by molar-refractivity contribution is 6.21. The van der Waals surface area contributed by atoms with Crippen LogP contribution in [0, 0.1) is 5.82 Å². The first-order valence-electron chi connectivity index (χ1n) is 10.7. The lowest BCUT2D eigenvalue weighted by molar-refractivity contribution is -0.132. The minimum absolute atomic E-state index is 0.0131. The molecular formula is C24H24FN3O4. The van der Waals surface area contributed by atoms with Crippen LogP contribution >= 0.6 is 0 Å². The maximum Gasteiger partial charge on any atom is 0.261 e. The Morgan fingerprint density at radius 2 is 1.53 bits per heavy atom. The SMILES string of the molecule is O=C(NC1CCN(C(=O)CCCN2C(=O)c3ccccc3C2=O)CC1)c1ccccc1F. The molecule has 0 spiro atoms. The number of nitrogens with zero attached hydrogens (tertiary/aromatic N) is 2. The second-order valence-corrected chi connectivity index (χ2v) is 8.02. The van der Waals surface area contributed by atoms with Crippen LogP contribution in [0.1, 0.15) is 56.8 Å². The van der Waals surface area contributed by atoms with Crippen LogP contribution in [0.15, 0.2) is 48.5 Å². The number of piperidine rings is 1. The third-order valence-corrected chi connectivity index (χ3v) is 5.95. The summed E-state index contributed by atoms with van der Waals surface area (Å²) in [6, 6.07) is 12.4. The number of nitrogens with one attached hydrogen (secondary N) is 1. The van der Waals surface area contributed by atoms with Crippen LogP contribution in [0.25, 0.3) is 0 Å². The number of benzene rings is 2.